The standard InChI is InChI=1S/C31H16N12/c1-43-25(13-7-19-37)24(12-6-18-36)42-30-28-26(38-20(8-2-14-32)21(39-28)9-3-15-33)27-29(31(30)43)41-23(11-5-17-35)22(40-27)10-4-16-34/h2-13,31H,1H3/b8-2+,9-3+,10-4+,11-5+,12-6+,13-7+. The first-order valence-electron chi connectivity index (χ1n) is 12.3. The second-order valence-corrected chi connectivity index (χ2v) is 8.47. The minimum absolute atomic E-state index is 0.277. The highest BCUT2D eigenvalue weighted by Crippen LogP contribution is 2.43. The Morgan fingerprint density at radius 3 is 1.47 bits per heavy atom. The first-order chi connectivity index (χ1) is 21.0. The molecule has 0 radical (unpaired) electrons. The number of rotatable bonds is 6. The van der Waals surface area contributed by atoms with E-state index in [1.807, 2.05) is 41.3 Å². The van der Waals surface area contributed by atoms with Crippen LogP contribution in [0.4, 0.5) is 0 Å². The summed E-state index contributed by atoms with van der Waals surface area (Å²) < 4.78 is 0. The molecule has 43 heavy (non-hydrogen) atoms. The summed E-state index contributed by atoms with van der Waals surface area (Å²) in [5.41, 5.74) is 3.74. The maximum absolute atomic E-state index is 9.23. The van der Waals surface area contributed by atoms with Crippen molar-refractivity contribution in [3.05, 3.63) is 94.2 Å². The third kappa shape index (κ3) is 5.72. The van der Waals surface area contributed by atoms with E-state index in [4.69, 9.17) is 40.7 Å². The zero-order valence-corrected chi connectivity index (χ0v) is 22.4. The Bertz CT molecular complexity index is 2010. The van der Waals surface area contributed by atoms with Gasteiger partial charge in [-0.2, -0.15) is 31.6 Å². The molecule has 12 nitrogen and oxygen atoms in total. The lowest BCUT2D eigenvalue weighted by Crippen LogP contribution is -2.39. The highest BCUT2D eigenvalue weighted by molar-refractivity contribution is 6.11. The molecule has 1 aliphatic carbocycles. The van der Waals surface area contributed by atoms with E-state index in [2.05, 4.69) is 0 Å². The molecular weight excluding hydrogens is 540 g/mol. The number of fused-ring (bicyclic) bond motifs is 6. The highest BCUT2D eigenvalue weighted by atomic mass is 15.2. The quantitative estimate of drug-likeness (QED) is 0.459. The molecule has 4 rings (SSSR count). The largest absolute Gasteiger partial charge is 0.359 e. The molecule has 2 aromatic rings. The van der Waals surface area contributed by atoms with Gasteiger partial charge in [0.15, 0.2) is 0 Å². The van der Waals surface area contributed by atoms with E-state index in [0.29, 0.717) is 51.3 Å². The number of allylic oxidation sites excluding steroid dienone is 8. The monoisotopic (exact) mass is 556 g/mol. The van der Waals surface area contributed by atoms with Gasteiger partial charge in [0, 0.05) is 43.5 Å². The molecule has 0 saturated carbocycles. The van der Waals surface area contributed by atoms with Gasteiger partial charge in [0.1, 0.15) is 23.1 Å². The summed E-state index contributed by atoms with van der Waals surface area (Å²) in [6, 6.07) is 10.9. The Kier molecular flexibility index (Phi) is 8.83. The zero-order valence-electron chi connectivity index (χ0n) is 22.4. The zero-order chi connectivity index (χ0) is 30.8. The van der Waals surface area contributed by atoms with Gasteiger partial charge in [0.05, 0.1) is 82.0 Å². The van der Waals surface area contributed by atoms with Crippen molar-refractivity contribution in [1.29, 1.82) is 31.6 Å². The number of nitrogens with zero attached hydrogens (tertiary/aromatic N) is 12. The van der Waals surface area contributed by atoms with E-state index >= 15 is 0 Å². The molecule has 12 heteroatoms. The fourth-order valence-electron chi connectivity index (χ4n) is 4.41. The normalized spacial score (nSPS) is 15.6. The highest BCUT2D eigenvalue weighted by Gasteiger charge is 2.41. The lowest BCUT2D eigenvalue weighted by Gasteiger charge is -2.38. The SMILES string of the molecule is CN1C(/C=C/C#N)=C(/C=C/C#N)N=C2c3nc(/C=C/C#N)c(/C=C/C#N)nc3-c3nc(/C=C/C#N)c(/C=C/C#N)nc3C21. The predicted molar refractivity (Wildman–Crippen MR) is 155 cm³/mol. The maximum Gasteiger partial charge on any atom is 0.119 e. The third-order valence-corrected chi connectivity index (χ3v) is 6.08. The molecule has 2 aliphatic rings. The maximum atomic E-state index is 9.23. The molecule has 0 N–H and O–H groups in total. The van der Waals surface area contributed by atoms with Crippen molar-refractivity contribution in [2.24, 2.45) is 4.99 Å². The number of likely N-dealkylation sites (N-methyl/N-ethyl adjacent to an activating group) is 1. The van der Waals surface area contributed by atoms with Crippen LogP contribution >= 0.6 is 0 Å². The molecule has 0 saturated heterocycles. The summed E-state index contributed by atoms with van der Waals surface area (Å²) in [6.07, 6.45) is 16.4. The number of hydrogen-bond acceptors (Lipinski definition) is 12. The van der Waals surface area contributed by atoms with Crippen molar-refractivity contribution in [3.63, 3.8) is 0 Å². The summed E-state index contributed by atoms with van der Waals surface area (Å²) in [4.78, 5) is 25.8. The summed E-state index contributed by atoms with van der Waals surface area (Å²) in [6.45, 7) is 0. The van der Waals surface area contributed by atoms with Crippen LogP contribution in [0.15, 0.2) is 65.0 Å². The van der Waals surface area contributed by atoms with E-state index in [1.165, 1.54) is 66.8 Å². The molecule has 1 unspecified atom stereocenters. The Morgan fingerprint density at radius 1 is 0.535 bits per heavy atom. The van der Waals surface area contributed by atoms with E-state index in [9.17, 15) is 15.8 Å². The van der Waals surface area contributed by atoms with E-state index in [0.717, 1.165) is 0 Å². The average molecular weight is 557 g/mol. The van der Waals surface area contributed by atoms with Crippen molar-refractivity contribution in [2.45, 2.75) is 6.04 Å². The smallest absolute Gasteiger partial charge is 0.119 e. The van der Waals surface area contributed by atoms with Crippen LogP contribution in [0, 0.1) is 68.0 Å². The van der Waals surface area contributed by atoms with E-state index in [1.54, 1.807) is 13.1 Å². The Balaban J connectivity index is 2.18. The second kappa shape index (κ2) is 13.2. The molecular formula is C31H16N12. The Hall–Kier alpha value is -7.25. The van der Waals surface area contributed by atoms with Gasteiger partial charge in [-0.25, -0.2) is 24.9 Å². The van der Waals surface area contributed by atoms with Gasteiger partial charge in [0.2, 0.25) is 0 Å². The summed E-state index contributed by atoms with van der Waals surface area (Å²) in [7, 11) is 1.76. The molecule has 200 valence electrons. The fraction of sp³-hybridized carbons (Fsp3) is 0.0645. The number of nitriles is 6. The Morgan fingerprint density at radius 2 is 0.953 bits per heavy atom. The third-order valence-electron chi connectivity index (χ3n) is 6.08. The molecule has 1 atom stereocenters. The average Bonchev–Trinajstić information content (AvgIpc) is 3.02. The van der Waals surface area contributed by atoms with Crippen molar-refractivity contribution < 1.29 is 0 Å². The fourth-order valence-corrected chi connectivity index (χ4v) is 4.41. The van der Waals surface area contributed by atoms with Crippen LogP contribution < -0.4 is 0 Å². The van der Waals surface area contributed by atoms with Crippen LogP contribution in [0.5, 0.6) is 0 Å². The molecule has 0 fully saturated rings. The van der Waals surface area contributed by atoms with Crippen LogP contribution in [-0.2, 0) is 0 Å². The predicted octanol–water partition coefficient (Wildman–Crippen LogP) is 4.24. The van der Waals surface area contributed by atoms with Crippen LogP contribution in [0.3, 0.4) is 0 Å². The topological polar surface area (TPSA) is 210 Å². The molecule has 0 amide bonds. The van der Waals surface area contributed by atoms with Crippen molar-refractivity contribution in [1.82, 2.24) is 24.8 Å². The van der Waals surface area contributed by atoms with E-state index in [-0.39, 0.29) is 11.4 Å². The van der Waals surface area contributed by atoms with Crippen LogP contribution in [-0.4, -0.2) is 37.6 Å². The van der Waals surface area contributed by atoms with Gasteiger partial charge in [0.25, 0.3) is 0 Å². The van der Waals surface area contributed by atoms with Gasteiger partial charge in [-0.1, -0.05) is 0 Å². The summed E-state index contributed by atoms with van der Waals surface area (Å²) >= 11 is 0. The summed E-state index contributed by atoms with van der Waals surface area (Å²) in [5.74, 6) is 0. The minimum Gasteiger partial charge on any atom is -0.359 e. The van der Waals surface area contributed by atoms with Gasteiger partial charge in [-0.3, -0.25) is 0 Å². The lowest BCUT2D eigenvalue weighted by atomic mass is 9.89. The van der Waals surface area contributed by atoms with E-state index < -0.39 is 6.04 Å². The van der Waals surface area contributed by atoms with Crippen LogP contribution in [0.1, 0.15) is 40.2 Å². The van der Waals surface area contributed by atoms with Gasteiger partial charge in [-0.15, -0.1) is 0 Å². The number of hydrogen-bond donors (Lipinski definition) is 0. The Labute approximate surface area is 246 Å². The molecule has 0 aromatic carbocycles. The molecule has 2 aromatic heterocycles. The number of aliphatic imine (C=N–C) groups is 1. The van der Waals surface area contributed by atoms with Crippen molar-refractivity contribution in [3.8, 4) is 47.8 Å². The second-order valence-electron chi connectivity index (χ2n) is 8.47. The molecule has 0 spiro atoms. The van der Waals surface area contributed by atoms with Crippen LogP contribution in [0.2, 0.25) is 0 Å². The minimum atomic E-state index is -0.710. The first-order valence-corrected chi connectivity index (χ1v) is 12.3. The molecule has 3 heterocycles. The van der Waals surface area contributed by atoms with Gasteiger partial charge >= 0.3 is 0 Å². The van der Waals surface area contributed by atoms with Crippen molar-refractivity contribution >= 4 is 30.0 Å². The molecule has 0 bridgehead atoms. The van der Waals surface area contributed by atoms with Gasteiger partial charge < -0.3 is 4.90 Å². The van der Waals surface area contributed by atoms with Crippen molar-refractivity contribution in [2.75, 3.05) is 7.05 Å². The van der Waals surface area contributed by atoms with Crippen LogP contribution in [0.25, 0.3) is 35.7 Å². The first kappa shape index (κ1) is 28.8. The molecule has 1 aliphatic heterocycles. The summed E-state index contributed by atoms with van der Waals surface area (Å²) in [5, 5.41) is 55.1. The van der Waals surface area contributed by atoms with Gasteiger partial charge in [-0.05, 0) is 36.5 Å². The number of aromatic nitrogens is 4. The lowest BCUT2D eigenvalue weighted by molar-refractivity contribution is 0.372.